The zero-order valence-corrected chi connectivity index (χ0v) is 29.4. The molecule has 0 unspecified atom stereocenters. The van der Waals surface area contributed by atoms with E-state index in [-0.39, 0.29) is 37.4 Å². The molecule has 211 valence electrons. The first kappa shape index (κ1) is 35.2. The molecule has 2 nitrogen and oxygen atoms in total. The van der Waals surface area contributed by atoms with Gasteiger partial charge in [0.1, 0.15) is 0 Å². The van der Waals surface area contributed by atoms with Gasteiger partial charge in [0, 0.05) is 16.8 Å². The monoisotopic (exact) mass is 570 g/mol. The summed E-state index contributed by atoms with van der Waals surface area (Å²) in [6.45, 7) is 39.0. The minimum atomic E-state index is -2.52. The van der Waals surface area contributed by atoms with Crippen LogP contribution in [0.3, 0.4) is 0 Å². The standard InChI is InChI=1S/C30H61N2P2.Co/c1-23(2)33(17,27(5,6)7,28(8,9)10)31-25-20-19-21-26(22-25)32-34(18,24(3)4,29(11,12)13)30(14,15)16;/h19-21,23-24,31-32H,1-18H3;/q-1;. The molecule has 5 heteroatoms. The van der Waals surface area contributed by atoms with Crippen LogP contribution in [0.1, 0.15) is 111 Å². The second-order valence-corrected chi connectivity index (χ2v) is 30.4. The molecular weight excluding hydrogens is 509 g/mol. The molecule has 0 fully saturated rings. The average Bonchev–Trinajstić information content (AvgIpc) is 2.57. The first-order valence-electron chi connectivity index (χ1n) is 13.3. The Morgan fingerprint density at radius 1 is 0.571 bits per heavy atom. The van der Waals surface area contributed by atoms with E-state index in [2.05, 4.69) is 159 Å². The predicted molar refractivity (Wildman–Crippen MR) is 167 cm³/mol. The second kappa shape index (κ2) is 9.74. The average molecular weight is 571 g/mol. The maximum Gasteiger partial charge on any atom is 0 e. The third-order valence-electron chi connectivity index (χ3n) is 11.1. The van der Waals surface area contributed by atoms with Crippen molar-refractivity contribution < 1.29 is 16.8 Å². The molecule has 0 heterocycles. The van der Waals surface area contributed by atoms with Gasteiger partial charge in [-0.2, -0.15) is 0 Å². The second-order valence-electron chi connectivity index (χ2n) is 15.9. The smallest absolute Gasteiger partial charge is 0 e. The summed E-state index contributed by atoms with van der Waals surface area (Å²) in [7, 11) is 0. The van der Waals surface area contributed by atoms with Gasteiger partial charge < -0.3 is 0 Å². The third kappa shape index (κ3) is 4.77. The molecule has 0 atom stereocenters. The van der Waals surface area contributed by atoms with E-state index in [1.807, 2.05) is 0 Å². The molecule has 0 saturated heterocycles. The van der Waals surface area contributed by atoms with Gasteiger partial charge in [0.05, 0.1) is 0 Å². The van der Waals surface area contributed by atoms with Crippen molar-refractivity contribution in [2.45, 2.75) is 143 Å². The fourth-order valence-corrected chi connectivity index (χ4v) is 20.8. The summed E-state index contributed by atoms with van der Waals surface area (Å²) in [5.74, 6) is 0. The molecule has 0 spiro atoms. The Bertz CT molecular complexity index is 780. The number of benzene rings is 1. The summed E-state index contributed by atoms with van der Waals surface area (Å²) in [4.78, 5) is 0. The maximum atomic E-state index is 4.24. The number of anilines is 2. The van der Waals surface area contributed by atoms with Crippen LogP contribution in [-0.2, 0) is 16.8 Å². The largest absolute Gasteiger partial charge is 0 e. The molecule has 1 aromatic rings. The van der Waals surface area contributed by atoms with Gasteiger partial charge in [-0.1, -0.05) is 0 Å². The van der Waals surface area contributed by atoms with Crippen LogP contribution < -0.4 is 10.2 Å². The number of nitrogens with one attached hydrogen (secondary N) is 2. The summed E-state index contributed by atoms with van der Waals surface area (Å²) in [6.07, 6.45) is 0. The molecule has 1 radical (unpaired) electrons. The molecule has 0 saturated carbocycles. The molecule has 0 bridgehead atoms. The molecule has 35 heavy (non-hydrogen) atoms. The van der Waals surface area contributed by atoms with Gasteiger partial charge in [0.25, 0.3) is 0 Å². The van der Waals surface area contributed by atoms with Crippen LogP contribution in [0.5, 0.6) is 0 Å². The van der Waals surface area contributed by atoms with Gasteiger partial charge in [-0.05, 0) is 0 Å². The first-order valence-corrected chi connectivity index (χ1v) is 18.8. The van der Waals surface area contributed by atoms with Gasteiger partial charge in [0.15, 0.2) is 0 Å². The quantitative estimate of drug-likeness (QED) is 0.263. The third-order valence-corrected chi connectivity index (χ3v) is 31.7. The Labute approximate surface area is 231 Å². The van der Waals surface area contributed by atoms with E-state index in [0.29, 0.717) is 11.3 Å². The van der Waals surface area contributed by atoms with Crippen molar-refractivity contribution in [2.75, 3.05) is 23.5 Å². The van der Waals surface area contributed by atoms with E-state index >= 15 is 0 Å². The summed E-state index contributed by atoms with van der Waals surface area (Å²) in [5.41, 5.74) is 3.31. The van der Waals surface area contributed by atoms with Crippen LogP contribution in [-0.4, -0.2) is 45.3 Å². The van der Waals surface area contributed by atoms with Crippen LogP contribution in [0.2, 0.25) is 0 Å². The van der Waals surface area contributed by atoms with Crippen LogP contribution in [0.4, 0.5) is 11.4 Å². The number of hydrogen-bond acceptors (Lipinski definition) is 2. The molecule has 2 N–H and O–H groups in total. The number of hydrogen-bond donors (Lipinski definition) is 2. The van der Waals surface area contributed by atoms with Crippen molar-refractivity contribution in [3.05, 3.63) is 24.3 Å². The van der Waals surface area contributed by atoms with E-state index in [1.165, 1.54) is 0 Å². The summed E-state index contributed by atoms with van der Waals surface area (Å²) >= 11 is 0. The van der Waals surface area contributed by atoms with Crippen molar-refractivity contribution in [1.29, 1.82) is 0 Å². The molecule has 1 aromatic carbocycles. The normalized spacial score (nSPS) is 16.7. The predicted octanol–water partition coefficient (Wildman–Crippen LogP) is 10.5. The van der Waals surface area contributed by atoms with Crippen LogP contribution >= 0.6 is 13.5 Å². The van der Waals surface area contributed by atoms with Gasteiger partial charge in [0.2, 0.25) is 0 Å². The van der Waals surface area contributed by atoms with Crippen molar-refractivity contribution in [2.24, 2.45) is 0 Å². The van der Waals surface area contributed by atoms with Crippen molar-refractivity contribution in [3.8, 4) is 0 Å². The SMILES string of the molecule is CC(C)P(C)(Nc1[c-]c(NP(C)(C(C)C)(C(C)(C)C)C(C)(C)C)ccc1)(C(C)(C)C)C(C)(C)C.[Co]. The Morgan fingerprint density at radius 3 is 0.971 bits per heavy atom. The first-order chi connectivity index (χ1) is 14.7. The Morgan fingerprint density at radius 2 is 0.800 bits per heavy atom. The molecule has 0 aromatic heterocycles. The zero-order valence-electron chi connectivity index (χ0n) is 26.6. The zero-order chi connectivity index (χ0) is 27.4. The van der Waals surface area contributed by atoms with E-state index in [4.69, 9.17) is 0 Å². The maximum absolute atomic E-state index is 4.24. The fraction of sp³-hybridized carbons (Fsp3) is 0.800. The minimum absolute atomic E-state index is 0. The van der Waals surface area contributed by atoms with Crippen molar-refractivity contribution in [3.63, 3.8) is 0 Å². The van der Waals surface area contributed by atoms with Gasteiger partial charge in [-0.15, -0.1) is 0 Å². The fourth-order valence-electron chi connectivity index (χ4n) is 7.26. The van der Waals surface area contributed by atoms with Gasteiger partial charge in [-0.3, -0.25) is 0 Å². The van der Waals surface area contributed by atoms with Crippen LogP contribution in [0.15, 0.2) is 18.2 Å². The molecule has 1 rings (SSSR count). The topological polar surface area (TPSA) is 24.1 Å². The molecular formula is C30H61CoN2P2-. The van der Waals surface area contributed by atoms with E-state index in [0.717, 1.165) is 11.4 Å². The summed E-state index contributed by atoms with van der Waals surface area (Å²) in [6, 6.07) is 10.5. The van der Waals surface area contributed by atoms with E-state index < -0.39 is 13.5 Å². The minimum Gasteiger partial charge on any atom is 0 e. The summed E-state index contributed by atoms with van der Waals surface area (Å²) < 4.78 is 0. The molecule has 0 aliphatic carbocycles. The molecule has 0 aliphatic heterocycles. The van der Waals surface area contributed by atoms with Crippen molar-refractivity contribution in [1.82, 2.24) is 0 Å². The Balaban J connectivity index is 0.0000116. The van der Waals surface area contributed by atoms with E-state index in [1.54, 1.807) is 0 Å². The Kier molecular flexibility index (Phi) is 9.79. The number of rotatable bonds is 6. The molecule has 0 aliphatic rings. The van der Waals surface area contributed by atoms with Gasteiger partial charge in [-0.25, -0.2) is 0 Å². The van der Waals surface area contributed by atoms with Crippen LogP contribution in [0, 0.1) is 6.07 Å². The van der Waals surface area contributed by atoms with Crippen LogP contribution in [0.25, 0.3) is 0 Å². The van der Waals surface area contributed by atoms with Crippen molar-refractivity contribution >= 4 is 24.9 Å². The molecule has 0 amide bonds. The Hall–Kier alpha value is 0.186. The summed E-state index contributed by atoms with van der Waals surface area (Å²) in [5, 5.41) is 9.02. The van der Waals surface area contributed by atoms with Gasteiger partial charge >= 0.3 is 215 Å². The van der Waals surface area contributed by atoms with E-state index in [9.17, 15) is 0 Å².